The maximum absolute atomic E-state index is 12.0. The van der Waals surface area contributed by atoms with Crippen molar-refractivity contribution in [2.24, 2.45) is 0 Å². The van der Waals surface area contributed by atoms with Crippen LogP contribution in [0.1, 0.15) is 23.7 Å². The van der Waals surface area contributed by atoms with Gasteiger partial charge >= 0.3 is 0 Å². The first-order chi connectivity index (χ1) is 9.80. The highest BCUT2D eigenvalue weighted by atomic mass is 32.2. The van der Waals surface area contributed by atoms with Crippen LogP contribution in [-0.2, 0) is 10.0 Å². The molecule has 1 unspecified atom stereocenters. The van der Waals surface area contributed by atoms with Gasteiger partial charge in [0.1, 0.15) is 0 Å². The SMILES string of the molecule is Cc1nc(C(C)Nc2ccc(S(=O)(=O)N(C)C)cc2)cs1. The minimum Gasteiger partial charge on any atom is -0.377 e. The van der Waals surface area contributed by atoms with Crippen LogP contribution >= 0.6 is 11.3 Å². The van der Waals surface area contributed by atoms with Crippen LogP contribution in [0.5, 0.6) is 0 Å². The molecule has 0 amide bonds. The fourth-order valence-corrected chi connectivity index (χ4v) is 3.44. The van der Waals surface area contributed by atoms with Crippen LogP contribution in [0.4, 0.5) is 5.69 Å². The minimum atomic E-state index is -3.38. The minimum absolute atomic E-state index is 0.0752. The van der Waals surface area contributed by atoms with Crippen LogP contribution in [0.15, 0.2) is 34.5 Å². The summed E-state index contributed by atoms with van der Waals surface area (Å²) in [5, 5.41) is 6.37. The lowest BCUT2D eigenvalue weighted by Crippen LogP contribution is -2.22. The number of benzene rings is 1. The van der Waals surface area contributed by atoms with Crippen molar-refractivity contribution in [3.8, 4) is 0 Å². The van der Waals surface area contributed by atoms with Gasteiger partial charge in [-0.2, -0.15) is 0 Å². The summed E-state index contributed by atoms with van der Waals surface area (Å²) in [4.78, 5) is 4.73. The first-order valence-corrected chi connectivity index (χ1v) is 8.84. The van der Waals surface area contributed by atoms with E-state index >= 15 is 0 Å². The average Bonchev–Trinajstić information content (AvgIpc) is 2.86. The van der Waals surface area contributed by atoms with Crippen molar-refractivity contribution in [2.45, 2.75) is 24.8 Å². The molecule has 0 aliphatic rings. The topological polar surface area (TPSA) is 62.3 Å². The summed E-state index contributed by atoms with van der Waals surface area (Å²) in [7, 11) is -0.332. The van der Waals surface area contributed by atoms with Gasteiger partial charge in [-0.25, -0.2) is 17.7 Å². The Morgan fingerprint density at radius 3 is 2.33 bits per heavy atom. The standard InChI is InChI=1S/C14H19N3O2S2/c1-10(14-9-20-11(2)16-14)15-12-5-7-13(8-6-12)21(18,19)17(3)4/h5-10,15H,1-4H3. The van der Waals surface area contributed by atoms with Crippen molar-refractivity contribution in [3.63, 3.8) is 0 Å². The van der Waals surface area contributed by atoms with Crippen molar-refractivity contribution in [3.05, 3.63) is 40.3 Å². The molecular formula is C14H19N3O2S2. The van der Waals surface area contributed by atoms with E-state index in [0.29, 0.717) is 0 Å². The lowest BCUT2D eigenvalue weighted by molar-refractivity contribution is 0.521. The summed E-state index contributed by atoms with van der Waals surface area (Å²) in [6.45, 7) is 4.00. The molecule has 21 heavy (non-hydrogen) atoms. The molecule has 0 spiro atoms. The molecule has 1 N–H and O–H groups in total. The Hall–Kier alpha value is -1.44. The van der Waals surface area contributed by atoms with Crippen LogP contribution in [0.3, 0.4) is 0 Å². The number of thiazole rings is 1. The zero-order valence-electron chi connectivity index (χ0n) is 12.5. The van der Waals surface area contributed by atoms with Crippen molar-refractivity contribution in [1.29, 1.82) is 0 Å². The van der Waals surface area contributed by atoms with Gasteiger partial charge in [0.25, 0.3) is 0 Å². The summed E-state index contributed by atoms with van der Waals surface area (Å²) < 4.78 is 25.2. The number of nitrogens with zero attached hydrogens (tertiary/aromatic N) is 2. The lowest BCUT2D eigenvalue weighted by Gasteiger charge is -2.15. The van der Waals surface area contributed by atoms with Gasteiger partial charge in [-0.05, 0) is 38.1 Å². The Labute approximate surface area is 129 Å². The first kappa shape index (κ1) is 15.9. The monoisotopic (exact) mass is 325 g/mol. The third-order valence-corrected chi connectivity index (χ3v) is 5.72. The number of anilines is 1. The zero-order valence-corrected chi connectivity index (χ0v) is 14.1. The predicted molar refractivity (Wildman–Crippen MR) is 86.2 cm³/mol. The van der Waals surface area contributed by atoms with Gasteiger partial charge in [0.05, 0.1) is 21.6 Å². The number of rotatable bonds is 5. The van der Waals surface area contributed by atoms with E-state index in [4.69, 9.17) is 0 Å². The summed E-state index contributed by atoms with van der Waals surface area (Å²) in [6, 6.07) is 6.83. The normalized spacial score (nSPS) is 13.4. The molecule has 7 heteroatoms. The molecule has 2 aromatic rings. The molecule has 0 aliphatic carbocycles. The van der Waals surface area contributed by atoms with Gasteiger partial charge in [0, 0.05) is 25.2 Å². The lowest BCUT2D eigenvalue weighted by atomic mass is 10.2. The second-order valence-corrected chi connectivity index (χ2v) is 8.18. The third kappa shape index (κ3) is 3.61. The van der Waals surface area contributed by atoms with Crippen LogP contribution in [-0.4, -0.2) is 31.8 Å². The fourth-order valence-electron chi connectivity index (χ4n) is 1.84. The number of nitrogens with one attached hydrogen (secondary N) is 1. The Bertz CT molecular complexity index is 706. The molecule has 2 rings (SSSR count). The highest BCUT2D eigenvalue weighted by Gasteiger charge is 2.17. The van der Waals surface area contributed by atoms with E-state index in [2.05, 4.69) is 10.3 Å². The summed E-state index contributed by atoms with van der Waals surface area (Å²) in [5.74, 6) is 0. The second-order valence-electron chi connectivity index (χ2n) is 4.97. The Morgan fingerprint density at radius 2 is 1.86 bits per heavy atom. The van der Waals surface area contributed by atoms with Crippen LogP contribution in [0, 0.1) is 6.92 Å². The maximum Gasteiger partial charge on any atom is 0.242 e. The number of hydrogen-bond donors (Lipinski definition) is 1. The molecule has 0 radical (unpaired) electrons. The van der Waals surface area contributed by atoms with E-state index in [1.165, 1.54) is 18.4 Å². The average molecular weight is 325 g/mol. The third-order valence-electron chi connectivity index (χ3n) is 3.10. The molecule has 0 fully saturated rings. The molecule has 0 bridgehead atoms. The molecule has 1 heterocycles. The van der Waals surface area contributed by atoms with Gasteiger partial charge in [-0.1, -0.05) is 0 Å². The van der Waals surface area contributed by atoms with Crippen molar-refractivity contribution in [1.82, 2.24) is 9.29 Å². The molecular weight excluding hydrogens is 306 g/mol. The quantitative estimate of drug-likeness (QED) is 0.918. The molecule has 1 atom stereocenters. The van der Waals surface area contributed by atoms with Gasteiger partial charge in [-0.3, -0.25) is 0 Å². The maximum atomic E-state index is 12.0. The Kier molecular flexibility index (Phi) is 4.65. The van der Waals surface area contributed by atoms with Crippen molar-refractivity contribution >= 4 is 27.0 Å². The highest BCUT2D eigenvalue weighted by molar-refractivity contribution is 7.89. The molecule has 0 aliphatic heterocycles. The molecule has 0 saturated heterocycles. The van der Waals surface area contributed by atoms with Gasteiger partial charge in [0.2, 0.25) is 10.0 Å². The molecule has 1 aromatic carbocycles. The number of aromatic nitrogens is 1. The van der Waals surface area contributed by atoms with Gasteiger partial charge < -0.3 is 5.32 Å². The summed E-state index contributed by atoms with van der Waals surface area (Å²) in [5.41, 5.74) is 1.85. The summed E-state index contributed by atoms with van der Waals surface area (Å²) in [6.07, 6.45) is 0. The smallest absolute Gasteiger partial charge is 0.242 e. The predicted octanol–water partition coefficient (Wildman–Crippen LogP) is 2.87. The molecule has 1 aromatic heterocycles. The van der Waals surface area contributed by atoms with Crippen LogP contribution in [0.25, 0.3) is 0 Å². The molecule has 5 nitrogen and oxygen atoms in total. The fraction of sp³-hybridized carbons (Fsp3) is 0.357. The zero-order chi connectivity index (χ0) is 15.6. The van der Waals surface area contributed by atoms with Crippen LogP contribution in [0.2, 0.25) is 0 Å². The van der Waals surface area contributed by atoms with E-state index < -0.39 is 10.0 Å². The Morgan fingerprint density at radius 1 is 1.24 bits per heavy atom. The molecule has 114 valence electrons. The van der Waals surface area contributed by atoms with E-state index in [-0.39, 0.29) is 10.9 Å². The largest absolute Gasteiger partial charge is 0.377 e. The number of aryl methyl sites for hydroxylation is 1. The van der Waals surface area contributed by atoms with E-state index in [0.717, 1.165) is 16.4 Å². The van der Waals surface area contributed by atoms with E-state index in [1.54, 1.807) is 35.6 Å². The highest BCUT2D eigenvalue weighted by Crippen LogP contribution is 2.22. The first-order valence-electron chi connectivity index (χ1n) is 6.52. The van der Waals surface area contributed by atoms with E-state index in [9.17, 15) is 8.42 Å². The Balaban J connectivity index is 2.13. The van der Waals surface area contributed by atoms with Gasteiger partial charge in [-0.15, -0.1) is 11.3 Å². The van der Waals surface area contributed by atoms with Crippen LogP contribution < -0.4 is 5.32 Å². The molecule has 0 saturated carbocycles. The van der Waals surface area contributed by atoms with E-state index in [1.807, 2.05) is 19.2 Å². The summed E-state index contributed by atoms with van der Waals surface area (Å²) >= 11 is 1.62. The van der Waals surface area contributed by atoms with Crippen molar-refractivity contribution < 1.29 is 8.42 Å². The van der Waals surface area contributed by atoms with Crippen molar-refractivity contribution in [2.75, 3.05) is 19.4 Å². The number of sulfonamides is 1. The second kappa shape index (κ2) is 6.13. The van der Waals surface area contributed by atoms with Gasteiger partial charge in [0.15, 0.2) is 0 Å². The number of hydrogen-bond acceptors (Lipinski definition) is 5.